The highest BCUT2D eigenvalue weighted by Gasteiger charge is 2.17. The molecule has 0 aliphatic heterocycles. The first kappa shape index (κ1) is 16.4. The monoisotopic (exact) mass is 258 g/mol. The first-order valence-corrected chi connectivity index (χ1v) is 8.39. The van der Waals surface area contributed by atoms with Gasteiger partial charge in [0, 0.05) is 6.10 Å². The molecule has 16 heavy (non-hydrogen) atoms. The average molecular weight is 259 g/mol. The van der Waals surface area contributed by atoms with E-state index in [4.69, 9.17) is 8.54 Å². The van der Waals surface area contributed by atoms with Gasteiger partial charge in [-0.05, 0) is 25.3 Å². The van der Waals surface area contributed by atoms with Crippen molar-refractivity contribution in [2.24, 2.45) is 5.92 Å². The highest BCUT2D eigenvalue weighted by Crippen LogP contribution is 2.13. The number of unbranched alkanes of at least 4 members (excludes halogenated alkanes) is 3. The van der Waals surface area contributed by atoms with E-state index in [1.807, 2.05) is 0 Å². The average Bonchev–Trinajstić information content (AvgIpc) is 2.21. The van der Waals surface area contributed by atoms with Gasteiger partial charge < -0.3 is 8.54 Å². The summed E-state index contributed by atoms with van der Waals surface area (Å²) < 4.78 is 11.2. The molecule has 94 valence electrons. The zero-order chi connectivity index (χ0) is 12.4. The summed E-state index contributed by atoms with van der Waals surface area (Å²) in [6, 6.07) is 1.08. The SMILES string of the molecule is CCCCCC[Si](O[Si])OC(C)CC(C)C. The molecule has 0 aromatic carbocycles. The lowest BCUT2D eigenvalue weighted by Crippen LogP contribution is -2.27. The Bertz CT molecular complexity index is 154. The van der Waals surface area contributed by atoms with Gasteiger partial charge in [-0.25, -0.2) is 0 Å². The lowest BCUT2D eigenvalue weighted by atomic mass is 10.1. The van der Waals surface area contributed by atoms with E-state index in [9.17, 15) is 0 Å². The second-order valence-corrected chi connectivity index (χ2v) is 7.14. The molecule has 0 bridgehead atoms. The summed E-state index contributed by atoms with van der Waals surface area (Å²) in [5.41, 5.74) is 0. The minimum Gasteiger partial charge on any atom is -0.436 e. The van der Waals surface area contributed by atoms with Crippen LogP contribution in [0.25, 0.3) is 0 Å². The minimum atomic E-state index is -1.10. The lowest BCUT2D eigenvalue weighted by Gasteiger charge is -2.20. The lowest BCUT2D eigenvalue weighted by molar-refractivity contribution is 0.164. The van der Waals surface area contributed by atoms with Gasteiger partial charge in [-0.3, -0.25) is 0 Å². The van der Waals surface area contributed by atoms with Gasteiger partial charge in [0.2, 0.25) is 10.5 Å². The van der Waals surface area contributed by atoms with Gasteiger partial charge in [-0.2, -0.15) is 0 Å². The molecule has 0 aliphatic carbocycles. The third-order valence-corrected chi connectivity index (χ3v) is 4.82. The summed E-state index contributed by atoms with van der Waals surface area (Å²) in [5, 5.41) is 0. The second kappa shape index (κ2) is 10.5. The van der Waals surface area contributed by atoms with Gasteiger partial charge in [-0.1, -0.05) is 46.5 Å². The molecule has 0 saturated heterocycles. The second-order valence-electron chi connectivity index (χ2n) is 4.84. The van der Waals surface area contributed by atoms with E-state index in [0.29, 0.717) is 12.0 Å². The van der Waals surface area contributed by atoms with Crippen LogP contribution in [-0.2, 0) is 8.54 Å². The molecule has 0 rings (SSSR count). The van der Waals surface area contributed by atoms with Crippen LogP contribution in [0.15, 0.2) is 0 Å². The Kier molecular flexibility index (Phi) is 10.7. The van der Waals surface area contributed by atoms with E-state index in [2.05, 4.69) is 38.2 Å². The fraction of sp³-hybridized carbons (Fsp3) is 1.00. The molecule has 4 radical (unpaired) electrons. The predicted octanol–water partition coefficient (Wildman–Crippen LogP) is 3.61. The first-order valence-electron chi connectivity index (χ1n) is 6.46. The van der Waals surface area contributed by atoms with Gasteiger partial charge >= 0.3 is 9.28 Å². The van der Waals surface area contributed by atoms with Crippen LogP contribution in [0.5, 0.6) is 0 Å². The molecule has 0 aliphatic rings. The molecular weight excluding hydrogens is 232 g/mol. The standard InChI is InChI=1S/C12H26O2Si2/c1-5-6-7-8-9-16(14-15)13-12(4)10-11(2)3/h11-12H,5-10H2,1-4H3. The fourth-order valence-electron chi connectivity index (χ4n) is 1.77. The largest absolute Gasteiger partial charge is 0.436 e. The molecule has 0 aromatic heterocycles. The molecule has 0 saturated carbocycles. The van der Waals surface area contributed by atoms with E-state index in [0.717, 1.165) is 12.5 Å². The van der Waals surface area contributed by atoms with Crippen LogP contribution in [0, 0.1) is 5.92 Å². The van der Waals surface area contributed by atoms with Crippen molar-refractivity contribution in [3.05, 3.63) is 0 Å². The van der Waals surface area contributed by atoms with Crippen LogP contribution in [0.4, 0.5) is 0 Å². The molecule has 1 atom stereocenters. The Hall–Kier alpha value is 0.354. The van der Waals surface area contributed by atoms with E-state index >= 15 is 0 Å². The van der Waals surface area contributed by atoms with Crippen LogP contribution in [0.2, 0.25) is 6.04 Å². The molecule has 0 spiro atoms. The molecule has 2 nitrogen and oxygen atoms in total. The summed E-state index contributed by atoms with van der Waals surface area (Å²) in [6.45, 7) is 8.82. The van der Waals surface area contributed by atoms with Gasteiger partial charge in [0.1, 0.15) is 0 Å². The number of hydrogen-bond acceptors (Lipinski definition) is 2. The zero-order valence-electron chi connectivity index (χ0n) is 11.2. The number of hydrogen-bond donors (Lipinski definition) is 0. The molecular formula is C12H26O2Si2. The van der Waals surface area contributed by atoms with Crippen LogP contribution >= 0.6 is 0 Å². The quantitative estimate of drug-likeness (QED) is 0.440. The van der Waals surface area contributed by atoms with Crippen LogP contribution in [0.3, 0.4) is 0 Å². The van der Waals surface area contributed by atoms with Crippen molar-refractivity contribution in [2.75, 3.05) is 0 Å². The predicted molar refractivity (Wildman–Crippen MR) is 71.5 cm³/mol. The number of rotatable bonds is 10. The van der Waals surface area contributed by atoms with E-state index in [1.54, 1.807) is 0 Å². The molecule has 1 unspecified atom stereocenters. The topological polar surface area (TPSA) is 18.5 Å². The summed E-state index contributed by atoms with van der Waals surface area (Å²) in [7, 11) is 2.05. The Balaban J connectivity index is 3.64. The Morgan fingerprint density at radius 1 is 1.12 bits per heavy atom. The molecule has 0 amide bonds. The summed E-state index contributed by atoms with van der Waals surface area (Å²) in [5.74, 6) is 0.688. The van der Waals surface area contributed by atoms with E-state index in [-0.39, 0.29) is 0 Å². The minimum absolute atomic E-state index is 0.316. The maximum atomic E-state index is 5.92. The molecule has 0 heterocycles. The van der Waals surface area contributed by atoms with Gasteiger partial charge in [-0.15, -0.1) is 0 Å². The summed E-state index contributed by atoms with van der Waals surface area (Å²) in [4.78, 5) is 0. The van der Waals surface area contributed by atoms with Gasteiger partial charge in [0.05, 0.1) is 0 Å². The third kappa shape index (κ3) is 9.57. The van der Waals surface area contributed by atoms with Crippen LogP contribution in [-0.4, -0.2) is 25.9 Å². The van der Waals surface area contributed by atoms with Crippen molar-refractivity contribution in [3.8, 4) is 0 Å². The van der Waals surface area contributed by atoms with Crippen molar-refractivity contribution in [1.29, 1.82) is 0 Å². The maximum absolute atomic E-state index is 5.92. The van der Waals surface area contributed by atoms with Crippen molar-refractivity contribution in [1.82, 2.24) is 0 Å². The smallest absolute Gasteiger partial charge is 0.373 e. The first-order chi connectivity index (χ1) is 7.60. The van der Waals surface area contributed by atoms with Crippen LogP contribution < -0.4 is 0 Å². The van der Waals surface area contributed by atoms with Gasteiger partial charge in [0.15, 0.2) is 0 Å². The van der Waals surface area contributed by atoms with Crippen molar-refractivity contribution in [3.63, 3.8) is 0 Å². The highest BCUT2D eigenvalue weighted by molar-refractivity contribution is 6.48. The Morgan fingerprint density at radius 2 is 1.81 bits per heavy atom. The Labute approximate surface area is 106 Å². The summed E-state index contributed by atoms with van der Waals surface area (Å²) >= 11 is 0. The molecule has 0 N–H and O–H groups in total. The Morgan fingerprint density at radius 3 is 2.31 bits per heavy atom. The van der Waals surface area contributed by atoms with Gasteiger partial charge in [0.25, 0.3) is 0 Å². The third-order valence-electron chi connectivity index (χ3n) is 2.48. The molecule has 0 fully saturated rings. The van der Waals surface area contributed by atoms with Crippen molar-refractivity contribution in [2.45, 2.75) is 71.9 Å². The fourth-order valence-corrected chi connectivity index (χ4v) is 3.57. The van der Waals surface area contributed by atoms with Crippen molar-refractivity contribution >= 4 is 19.8 Å². The normalized spacial score (nSPS) is 13.7. The molecule has 0 aromatic rings. The maximum Gasteiger partial charge on any atom is 0.373 e. The zero-order valence-corrected chi connectivity index (χ0v) is 13.2. The van der Waals surface area contributed by atoms with E-state index in [1.165, 1.54) is 25.7 Å². The van der Waals surface area contributed by atoms with Crippen molar-refractivity contribution < 1.29 is 8.54 Å². The van der Waals surface area contributed by atoms with E-state index < -0.39 is 9.28 Å². The van der Waals surface area contributed by atoms with Crippen LogP contribution in [0.1, 0.15) is 59.8 Å². The highest BCUT2D eigenvalue weighted by atomic mass is 28.3. The molecule has 4 heteroatoms. The summed E-state index contributed by atoms with van der Waals surface area (Å²) in [6.07, 6.45) is 6.54.